The van der Waals surface area contributed by atoms with Gasteiger partial charge in [0, 0.05) is 6.07 Å². The van der Waals surface area contributed by atoms with Gasteiger partial charge in [0.25, 0.3) is 0 Å². The number of rotatable bonds is 8. The van der Waals surface area contributed by atoms with Crippen molar-refractivity contribution in [3.63, 3.8) is 0 Å². The number of para-hydroxylation sites is 2. The molecule has 0 radical (unpaired) electrons. The normalized spacial score (nSPS) is 10.6. The lowest BCUT2D eigenvalue weighted by Gasteiger charge is -2.11. The van der Waals surface area contributed by atoms with Crippen molar-refractivity contribution >= 4 is 11.0 Å². The number of hydrogen-bond acceptors (Lipinski definition) is 6. The highest BCUT2D eigenvalue weighted by Crippen LogP contribution is 2.31. The monoisotopic (exact) mass is 418 g/mol. The molecule has 1 heterocycles. The maximum Gasteiger partial charge on any atom is 0.235 e. The molecule has 0 atom stereocenters. The molecule has 6 heteroatoms. The highest BCUT2D eigenvalue weighted by molar-refractivity contribution is 5.79. The van der Waals surface area contributed by atoms with Gasteiger partial charge >= 0.3 is 0 Å². The van der Waals surface area contributed by atoms with Crippen molar-refractivity contribution in [1.82, 2.24) is 0 Å². The van der Waals surface area contributed by atoms with Crippen LogP contribution in [0, 0.1) is 0 Å². The van der Waals surface area contributed by atoms with Crippen LogP contribution in [-0.2, 0) is 6.61 Å². The summed E-state index contributed by atoms with van der Waals surface area (Å²) in [5, 5.41) is 0.403. The van der Waals surface area contributed by atoms with Gasteiger partial charge in [-0.05, 0) is 48.9 Å². The van der Waals surface area contributed by atoms with E-state index in [9.17, 15) is 4.79 Å². The highest BCUT2D eigenvalue weighted by atomic mass is 16.5. The second-order valence-electron chi connectivity index (χ2n) is 6.71. The van der Waals surface area contributed by atoms with Crippen molar-refractivity contribution in [3.8, 4) is 28.7 Å². The Balaban J connectivity index is 1.55. The number of fused-ring (bicyclic) bond motifs is 1. The number of ether oxygens (including phenoxy) is 4. The quantitative estimate of drug-likeness (QED) is 0.373. The fourth-order valence-electron chi connectivity index (χ4n) is 3.11. The average Bonchev–Trinajstić information content (AvgIpc) is 2.81. The van der Waals surface area contributed by atoms with Gasteiger partial charge in [-0.1, -0.05) is 24.3 Å². The van der Waals surface area contributed by atoms with Crippen LogP contribution in [0.15, 0.2) is 82.2 Å². The van der Waals surface area contributed by atoms with Gasteiger partial charge in [0.15, 0.2) is 11.5 Å². The molecule has 0 bridgehead atoms. The minimum Gasteiger partial charge on any atom is -0.497 e. The van der Waals surface area contributed by atoms with E-state index in [2.05, 4.69) is 0 Å². The zero-order valence-electron chi connectivity index (χ0n) is 17.3. The molecule has 6 nitrogen and oxygen atoms in total. The van der Waals surface area contributed by atoms with Gasteiger partial charge < -0.3 is 23.4 Å². The molecule has 3 aromatic carbocycles. The van der Waals surface area contributed by atoms with Crippen LogP contribution < -0.4 is 24.4 Å². The zero-order valence-corrected chi connectivity index (χ0v) is 17.3. The third kappa shape index (κ3) is 4.64. The van der Waals surface area contributed by atoms with E-state index in [-0.39, 0.29) is 11.2 Å². The molecule has 0 N–H and O–H groups in total. The zero-order chi connectivity index (χ0) is 21.6. The summed E-state index contributed by atoms with van der Waals surface area (Å²) in [5.41, 5.74) is 1.11. The lowest BCUT2D eigenvalue weighted by molar-refractivity contribution is 0.305. The lowest BCUT2D eigenvalue weighted by atomic mass is 10.2. The van der Waals surface area contributed by atoms with Crippen LogP contribution in [0.5, 0.6) is 28.7 Å². The van der Waals surface area contributed by atoms with Crippen molar-refractivity contribution in [3.05, 3.63) is 88.8 Å². The Kier molecular flexibility index (Phi) is 6.08. The summed E-state index contributed by atoms with van der Waals surface area (Å²) in [6, 6.07) is 19.9. The predicted molar refractivity (Wildman–Crippen MR) is 117 cm³/mol. The van der Waals surface area contributed by atoms with Crippen LogP contribution in [0.25, 0.3) is 11.0 Å². The molecule has 4 aromatic rings. The molecule has 0 unspecified atom stereocenters. The molecule has 0 amide bonds. The van der Waals surface area contributed by atoms with Gasteiger partial charge in [-0.25, -0.2) is 0 Å². The highest BCUT2D eigenvalue weighted by Gasteiger charge is 2.13. The Morgan fingerprint density at radius 1 is 0.839 bits per heavy atom. The van der Waals surface area contributed by atoms with Crippen LogP contribution in [0.2, 0.25) is 0 Å². The molecule has 0 aliphatic rings. The first-order chi connectivity index (χ1) is 15.2. The third-order valence-corrected chi connectivity index (χ3v) is 4.62. The van der Waals surface area contributed by atoms with Crippen molar-refractivity contribution in [1.29, 1.82) is 0 Å². The molecule has 0 saturated carbocycles. The summed E-state index contributed by atoms with van der Waals surface area (Å²) in [4.78, 5) is 12.9. The van der Waals surface area contributed by atoms with Crippen LogP contribution in [0.3, 0.4) is 0 Å². The molecule has 0 saturated heterocycles. The maximum absolute atomic E-state index is 12.9. The van der Waals surface area contributed by atoms with Gasteiger partial charge in [-0.3, -0.25) is 4.79 Å². The van der Waals surface area contributed by atoms with E-state index in [1.807, 2.05) is 43.3 Å². The Bertz CT molecular complexity index is 1240. The van der Waals surface area contributed by atoms with Gasteiger partial charge in [0.1, 0.15) is 30.0 Å². The van der Waals surface area contributed by atoms with Crippen molar-refractivity contribution in [2.75, 3.05) is 13.7 Å². The van der Waals surface area contributed by atoms with E-state index >= 15 is 0 Å². The largest absolute Gasteiger partial charge is 0.497 e. The topological polar surface area (TPSA) is 67.1 Å². The van der Waals surface area contributed by atoms with Crippen LogP contribution in [0.1, 0.15) is 12.5 Å². The van der Waals surface area contributed by atoms with E-state index in [0.717, 1.165) is 11.3 Å². The Morgan fingerprint density at radius 2 is 1.68 bits per heavy atom. The molecule has 0 fully saturated rings. The summed E-state index contributed by atoms with van der Waals surface area (Å²) < 4.78 is 28.1. The van der Waals surface area contributed by atoms with Gasteiger partial charge in [0.2, 0.25) is 11.2 Å². The minimum atomic E-state index is -0.271. The predicted octanol–water partition coefficient (Wildman–Crippen LogP) is 5.57. The first kappa shape index (κ1) is 20.3. The summed E-state index contributed by atoms with van der Waals surface area (Å²) in [7, 11) is 1.62. The molecule has 0 aliphatic carbocycles. The number of hydrogen-bond donors (Lipinski definition) is 0. The summed E-state index contributed by atoms with van der Waals surface area (Å²) >= 11 is 0. The van der Waals surface area contributed by atoms with E-state index in [4.69, 9.17) is 23.4 Å². The summed E-state index contributed by atoms with van der Waals surface area (Å²) in [6.07, 6.45) is 1.30. The molecule has 158 valence electrons. The minimum absolute atomic E-state index is 0.0877. The fourth-order valence-corrected chi connectivity index (χ4v) is 3.11. The second-order valence-corrected chi connectivity index (χ2v) is 6.71. The van der Waals surface area contributed by atoms with Gasteiger partial charge in [0.05, 0.1) is 19.1 Å². The van der Waals surface area contributed by atoms with E-state index in [0.29, 0.717) is 41.4 Å². The SMILES string of the molecule is CCOc1ccccc1Oc1coc2cc(OCc3cccc(OC)c3)ccc2c1=O. The molecule has 1 aromatic heterocycles. The van der Waals surface area contributed by atoms with Crippen LogP contribution >= 0.6 is 0 Å². The third-order valence-electron chi connectivity index (χ3n) is 4.62. The lowest BCUT2D eigenvalue weighted by Crippen LogP contribution is -2.06. The van der Waals surface area contributed by atoms with E-state index < -0.39 is 0 Å². The number of benzene rings is 3. The second kappa shape index (κ2) is 9.26. The van der Waals surface area contributed by atoms with Crippen LogP contribution in [0.4, 0.5) is 0 Å². The summed E-state index contributed by atoms with van der Waals surface area (Å²) in [6.45, 7) is 2.74. The molecular weight excluding hydrogens is 396 g/mol. The molecule has 31 heavy (non-hydrogen) atoms. The molecule has 0 spiro atoms. The van der Waals surface area contributed by atoms with Crippen molar-refractivity contribution < 1.29 is 23.4 Å². The smallest absolute Gasteiger partial charge is 0.235 e. The Hall–Kier alpha value is -3.93. The fraction of sp³-hybridized carbons (Fsp3) is 0.160. The first-order valence-electron chi connectivity index (χ1n) is 9.89. The average molecular weight is 418 g/mol. The standard InChI is InChI=1S/C25H22O6/c1-3-28-21-9-4-5-10-22(21)31-24-16-30-23-14-19(11-12-20(23)25(24)26)29-15-17-7-6-8-18(13-17)27-2/h4-14,16H,3,15H2,1-2H3. The molecular formula is C25H22O6. The molecule has 0 aliphatic heterocycles. The van der Waals surface area contributed by atoms with E-state index in [1.165, 1.54) is 6.26 Å². The first-order valence-corrected chi connectivity index (χ1v) is 9.89. The number of methoxy groups -OCH3 is 1. The summed E-state index contributed by atoms with van der Waals surface area (Å²) in [5.74, 6) is 2.46. The maximum atomic E-state index is 12.9. The van der Waals surface area contributed by atoms with Gasteiger partial charge in [-0.2, -0.15) is 0 Å². The van der Waals surface area contributed by atoms with E-state index in [1.54, 1.807) is 37.4 Å². The Morgan fingerprint density at radius 3 is 2.48 bits per heavy atom. The van der Waals surface area contributed by atoms with Crippen molar-refractivity contribution in [2.45, 2.75) is 13.5 Å². The Labute approximate surface area is 179 Å². The van der Waals surface area contributed by atoms with Crippen LogP contribution in [-0.4, -0.2) is 13.7 Å². The molecule has 4 rings (SSSR count). The van der Waals surface area contributed by atoms with Gasteiger partial charge in [-0.15, -0.1) is 0 Å². The van der Waals surface area contributed by atoms with Crippen molar-refractivity contribution in [2.24, 2.45) is 0 Å².